The van der Waals surface area contributed by atoms with E-state index in [0.29, 0.717) is 23.7 Å². The van der Waals surface area contributed by atoms with E-state index in [1.807, 2.05) is 18.2 Å². The summed E-state index contributed by atoms with van der Waals surface area (Å²) in [5.74, 6) is -0.834. The van der Waals surface area contributed by atoms with Crippen LogP contribution < -0.4 is 16.6 Å². The quantitative estimate of drug-likeness (QED) is 0.479. The van der Waals surface area contributed by atoms with Gasteiger partial charge in [0, 0.05) is 25.7 Å². The van der Waals surface area contributed by atoms with E-state index in [0.717, 1.165) is 37.7 Å². The number of hydrogen-bond donors (Lipinski definition) is 2. The van der Waals surface area contributed by atoms with E-state index in [4.69, 9.17) is 4.42 Å². The number of likely N-dealkylation sites (N-methyl/N-ethyl adjacent to an activating group) is 1. The molecule has 4 rings (SSSR count). The van der Waals surface area contributed by atoms with Crippen LogP contribution in [-0.4, -0.2) is 35.0 Å². The maximum Gasteiger partial charge on any atom is 0.420 e. The van der Waals surface area contributed by atoms with E-state index in [9.17, 15) is 14.0 Å². The molecule has 1 fully saturated rings. The Bertz CT molecular complexity index is 1140. The van der Waals surface area contributed by atoms with Crippen molar-refractivity contribution >= 4 is 17.0 Å². The van der Waals surface area contributed by atoms with Gasteiger partial charge in [-0.25, -0.2) is 9.18 Å². The highest BCUT2D eigenvalue weighted by Crippen LogP contribution is 2.25. The van der Waals surface area contributed by atoms with Gasteiger partial charge < -0.3 is 9.32 Å². The zero-order chi connectivity index (χ0) is 23.4. The summed E-state index contributed by atoms with van der Waals surface area (Å²) in [5.41, 5.74) is 8.85. The summed E-state index contributed by atoms with van der Waals surface area (Å²) in [7, 11) is 1.78. The van der Waals surface area contributed by atoms with Gasteiger partial charge in [0.05, 0.1) is 5.52 Å². The fourth-order valence-electron chi connectivity index (χ4n) is 4.53. The molecule has 0 radical (unpaired) electrons. The Kier molecular flexibility index (Phi) is 7.25. The fourth-order valence-corrected chi connectivity index (χ4v) is 4.53. The molecule has 1 aromatic heterocycles. The Morgan fingerprint density at radius 1 is 1.15 bits per heavy atom. The van der Waals surface area contributed by atoms with Gasteiger partial charge in [0.2, 0.25) is 5.91 Å². The normalized spacial score (nSPS) is 19.1. The van der Waals surface area contributed by atoms with Crippen LogP contribution in [0.2, 0.25) is 0 Å². The van der Waals surface area contributed by atoms with Crippen LogP contribution in [0.1, 0.15) is 56.7 Å². The number of nitrogens with one attached hydrogen (secondary N) is 2. The maximum absolute atomic E-state index is 13.1. The second kappa shape index (κ2) is 10.3. The number of rotatable bonds is 9. The van der Waals surface area contributed by atoms with E-state index < -0.39 is 11.8 Å². The Morgan fingerprint density at radius 2 is 1.91 bits per heavy atom. The minimum atomic E-state index is -0.622. The molecule has 176 valence electrons. The third-order valence-electron chi connectivity index (χ3n) is 6.44. The lowest BCUT2D eigenvalue weighted by atomic mass is 9.99. The van der Waals surface area contributed by atoms with Gasteiger partial charge in [0.25, 0.3) is 0 Å². The van der Waals surface area contributed by atoms with E-state index in [1.54, 1.807) is 37.1 Å². The van der Waals surface area contributed by atoms with E-state index in [-0.39, 0.29) is 17.8 Å². The van der Waals surface area contributed by atoms with Crippen LogP contribution in [0.15, 0.2) is 57.7 Å². The molecule has 1 aliphatic rings. The van der Waals surface area contributed by atoms with Crippen LogP contribution in [0, 0.1) is 5.82 Å². The number of aromatic nitrogens is 1. The minimum absolute atomic E-state index is 0.104. The Labute approximate surface area is 192 Å². The molecular formula is C25H31FN4O3. The van der Waals surface area contributed by atoms with Crippen LogP contribution in [-0.2, 0) is 4.79 Å². The summed E-state index contributed by atoms with van der Waals surface area (Å²) in [6.07, 6.45) is 4.97. The summed E-state index contributed by atoms with van der Waals surface area (Å²) < 4.78 is 19.8. The fraction of sp³-hybridized carbons (Fsp3) is 0.440. The number of hydrogen-bond acceptors (Lipinski definition) is 5. The van der Waals surface area contributed by atoms with Gasteiger partial charge in [0.1, 0.15) is 11.9 Å². The average molecular weight is 455 g/mol. The number of para-hydroxylation sites is 2. The van der Waals surface area contributed by atoms with E-state index in [2.05, 4.69) is 10.9 Å². The van der Waals surface area contributed by atoms with Gasteiger partial charge in [-0.3, -0.25) is 20.2 Å². The number of benzene rings is 2. The Balaban J connectivity index is 1.19. The number of unbranched alkanes of at least 4 members (excludes halogenated alkanes) is 2. The van der Waals surface area contributed by atoms with Crippen molar-refractivity contribution in [2.45, 2.75) is 57.2 Å². The van der Waals surface area contributed by atoms with Crippen LogP contribution in [0.5, 0.6) is 0 Å². The number of oxazole rings is 1. The third kappa shape index (κ3) is 5.34. The van der Waals surface area contributed by atoms with Crippen molar-refractivity contribution in [2.24, 2.45) is 0 Å². The first kappa shape index (κ1) is 23.2. The maximum atomic E-state index is 13.1. The summed E-state index contributed by atoms with van der Waals surface area (Å²) in [6, 6.07) is 13.7. The van der Waals surface area contributed by atoms with Crippen molar-refractivity contribution in [1.82, 2.24) is 20.3 Å². The summed E-state index contributed by atoms with van der Waals surface area (Å²) in [5, 5.41) is 0. The van der Waals surface area contributed by atoms with Crippen molar-refractivity contribution in [3.05, 3.63) is 70.5 Å². The lowest BCUT2D eigenvalue weighted by molar-refractivity contribution is -0.133. The first-order chi connectivity index (χ1) is 15.9. The second-order valence-electron chi connectivity index (χ2n) is 8.82. The molecule has 33 heavy (non-hydrogen) atoms. The molecule has 2 aromatic carbocycles. The number of carbonyl (C=O) groups excluding carboxylic acids is 1. The molecule has 0 aliphatic carbocycles. The van der Waals surface area contributed by atoms with Crippen LogP contribution in [0.25, 0.3) is 11.1 Å². The van der Waals surface area contributed by atoms with Crippen molar-refractivity contribution in [1.29, 1.82) is 0 Å². The van der Waals surface area contributed by atoms with Gasteiger partial charge in [-0.2, -0.15) is 0 Å². The first-order valence-corrected chi connectivity index (χ1v) is 11.6. The van der Waals surface area contributed by atoms with Gasteiger partial charge in [-0.1, -0.05) is 37.1 Å². The SMILES string of the molecule is CC(C(=O)N(C)CCCCCC1CC(c2ccc(F)cc2)NN1)n1c(=O)oc2ccccc21. The van der Waals surface area contributed by atoms with Crippen LogP contribution in [0.4, 0.5) is 4.39 Å². The molecule has 3 atom stereocenters. The minimum Gasteiger partial charge on any atom is -0.408 e. The molecule has 8 heteroatoms. The molecule has 0 saturated carbocycles. The number of hydrazine groups is 1. The van der Waals surface area contributed by atoms with Crippen molar-refractivity contribution in [2.75, 3.05) is 13.6 Å². The molecule has 0 spiro atoms. The van der Waals surface area contributed by atoms with Gasteiger partial charge in [0.15, 0.2) is 5.58 Å². The molecule has 0 bridgehead atoms. The van der Waals surface area contributed by atoms with Gasteiger partial charge >= 0.3 is 5.76 Å². The molecule has 1 aliphatic heterocycles. The van der Waals surface area contributed by atoms with Gasteiger partial charge in [-0.15, -0.1) is 0 Å². The Morgan fingerprint density at radius 3 is 2.70 bits per heavy atom. The molecule has 3 unspecified atom stereocenters. The summed E-state index contributed by atoms with van der Waals surface area (Å²) in [6.45, 7) is 2.38. The highest BCUT2D eigenvalue weighted by atomic mass is 19.1. The number of carbonyl (C=O) groups is 1. The van der Waals surface area contributed by atoms with Crippen molar-refractivity contribution in [3.8, 4) is 0 Å². The smallest absolute Gasteiger partial charge is 0.408 e. The number of fused-ring (bicyclic) bond motifs is 1. The zero-order valence-electron chi connectivity index (χ0n) is 19.1. The average Bonchev–Trinajstić information content (AvgIpc) is 3.42. The highest BCUT2D eigenvalue weighted by Gasteiger charge is 2.25. The lowest BCUT2D eigenvalue weighted by Gasteiger charge is -2.22. The molecule has 2 N–H and O–H groups in total. The molecule has 1 amide bonds. The molecule has 1 saturated heterocycles. The standard InChI is InChI=1S/C25H31FN4O3/c1-17(30-22-9-5-6-10-23(22)33-25(30)32)24(31)29(2)15-7-3-4-8-20-16-21(28-27-20)18-11-13-19(26)14-12-18/h5-6,9-14,17,20-21,27-28H,3-4,7-8,15-16H2,1-2H3. The molecular weight excluding hydrogens is 423 g/mol. The summed E-state index contributed by atoms with van der Waals surface area (Å²) >= 11 is 0. The van der Waals surface area contributed by atoms with Crippen LogP contribution >= 0.6 is 0 Å². The zero-order valence-corrected chi connectivity index (χ0v) is 19.1. The molecule has 2 heterocycles. The van der Waals surface area contributed by atoms with E-state index >= 15 is 0 Å². The topological polar surface area (TPSA) is 79.5 Å². The van der Waals surface area contributed by atoms with Crippen molar-refractivity contribution in [3.63, 3.8) is 0 Å². The molecule has 3 aromatic rings. The number of nitrogens with zero attached hydrogens (tertiary/aromatic N) is 2. The largest absolute Gasteiger partial charge is 0.420 e. The number of amides is 1. The van der Waals surface area contributed by atoms with Gasteiger partial charge in [-0.05, 0) is 56.0 Å². The lowest BCUT2D eigenvalue weighted by Crippen LogP contribution is -2.36. The monoisotopic (exact) mass is 454 g/mol. The summed E-state index contributed by atoms with van der Waals surface area (Å²) in [4.78, 5) is 26.8. The molecule has 7 nitrogen and oxygen atoms in total. The second-order valence-corrected chi connectivity index (χ2v) is 8.82. The van der Waals surface area contributed by atoms with Crippen molar-refractivity contribution < 1.29 is 13.6 Å². The predicted octanol–water partition coefficient (Wildman–Crippen LogP) is 3.92. The highest BCUT2D eigenvalue weighted by molar-refractivity contribution is 5.82. The number of halogens is 1. The Hall–Kier alpha value is -2.97. The van der Waals surface area contributed by atoms with Crippen LogP contribution in [0.3, 0.4) is 0 Å². The predicted molar refractivity (Wildman–Crippen MR) is 125 cm³/mol. The van der Waals surface area contributed by atoms with E-state index in [1.165, 1.54) is 16.7 Å². The first-order valence-electron chi connectivity index (χ1n) is 11.6. The third-order valence-corrected chi connectivity index (χ3v) is 6.44.